The Morgan fingerprint density at radius 2 is 1.73 bits per heavy atom. The lowest BCUT2D eigenvalue weighted by Gasteiger charge is -2.28. The second-order valence-corrected chi connectivity index (χ2v) is 6.46. The van der Waals surface area contributed by atoms with E-state index in [1.165, 1.54) is 7.11 Å². The number of methoxy groups -OCH3 is 1. The molecule has 1 amide bonds. The summed E-state index contributed by atoms with van der Waals surface area (Å²) in [5.74, 6) is -4.33. The van der Waals surface area contributed by atoms with Gasteiger partial charge in [-0.2, -0.15) is 21.6 Å². The first-order chi connectivity index (χ1) is 10.1. The van der Waals surface area contributed by atoms with Crippen LogP contribution in [0.25, 0.3) is 0 Å². The van der Waals surface area contributed by atoms with Gasteiger partial charge in [0.1, 0.15) is 0 Å². The number of alkyl halides is 3. The number of hydrogen-bond donors (Lipinski definition) is 1. The van der Waals surface area contributed by atoms with E-state index in [1.807, 2.05) is 0 Å². The second kappa shape index (κ2) is 7.27. The zero-order valence-electron chi connectivity index (χ0n) is 11.7. The molecule has 1 aliphatic carbocycles. The first-order valence-corrected chi connectivity index (χ1v) is 7.87. The SMILES string of the molecule is COCOC(=O)C1CCCCC1C(=O)NS(=O)(=O)C(F)(F)F. The van der Waals surface area contributed by atoms with E-state index >= 15 is 0 Å². The number of ether oxygens (including phenoxy) is 2. The molecular weight excluding hydrogens is 331 g/mol. The van der Waals surface area contributed by atoms with Crippen molar-refractivity contribution in [2.24, 2.45) is 11.8 Å². The molecule has 0 aromatic rings. The van der Waals surface area contributed by atoms with Crippen LogP contribution in [0.4, 0.5) is 13.2 Å². The van der Waals surface area contributed by atoms with Crippen LogP contribution in [-0.4, -0.2) is 39.7 Å². The van der Waals surface area contributed by atoms with Crippen LogP contribution in [0.3, 0.4) is 0 Å². The molecule has 2 unspecified atom stereocenters. The van der Waals surface area contributed by atoms with Crippen LogP contribution in [0.15, 0.2) is 0 Å². The summed E-state index contributed by atoms with van der Waals surface area (Å²) >= 11 is 0. The molecule has 1 rings (SSSR count). The summed E-state index contributed by atoms with van der Waals surface area (Å²) < 4.78 is 68.9. The first kappa shape index (κ1) is 18.7. The van der Waals surface area contributed by atoms with E-state index < -0.39 is 39.2 Å². The lowest BCUT2D eigenvalue weighted by Crippen LogP contribution is -2.46. The molecule has 7 nitrogen and oxygen atoms in total. The van der Waals surface area contributed by atoms with Gasteiger partial charge in [-0.25, -0.2) is 4.72 Å². The van der Waals surface area contributed by atoms with Crippen molar-refractivity contribution < 1.29 is 40.7 Å². The lowest BCUT2D eigenvalue weighted by atomic mass is 9.79. The number of rotatable bonds is 5. The number of carbonyl (C=O) groups is 2. The fourth-order valence-electron chi connectivity index (χ4n) is 2.22. The van der Waals surface area contributed by atoms with E-state index in [1.54, 1.807) is 0 Å². The monoisotopic (exact) mass is 347 g/mol. The number of hydrogen-bond acceptors (Lipinski definition) is 6. The highest BCUT2D eigenvalue weighted by Crippen LogP contribution is 2.32. The molecule has 0 bridgehead atoms. The van der Waals surface area contributed by atoms with Crippen molar-refractivity contribution in [3.8, 4) is 0 Å². The van der Waals surface area contributed by atoms with Gasteiger partial charge in [-0.05, 0) is 12.8 Å². The van der Waals surface area contributed by atoms with Gasteiger partial charge in [0.2, 0.25) is 5.91 Å². The Morgan fingerprint density at radius 3 is 2.23 bits per heavy atom. The van der Waals surface area contributed by atoms with Gasteiger partial charge in [0.25, 0.3) is 0 Å². The van der Waals surface area contributed by atoms with E-state index in [-0.39, 0.29) is 19.6 Å². The predicted octanol–water partition coefficient (Wildman–Crippen LogP) is 0.906. The molecular formula is C11H16F3NO6S. The number of halogens is 3. The van der Waals surface area contributed by atoms with E-state index in [2.05, 4.69) is 4.74 Å². The zero-order chi connectivity index (χ0) is 17.0. The van der Waals surface area contributed by atoms with Gasteiger partial charge in [-0.15, -0.1) is 0 Å². The number of sulfonamides is 1. The Bertz CT molecular complexity index is 518. The van der Waals surface area contributed by atoms with Gasteiger partial charge in [-0.3, -0.25) is 9.59 Å². The molecule has 1 fully saturated rings. The van der Waals surface area contributed by atoms with Gasteiger partial charge in [0.05, 0.1) is 11.8 Å². The van der Waals surface area contributed by atoms with Gasteiger partial charge in [0.15, 0.2) is 6.79 Å². The Labute approximate surface area is 125 Å². The summed E-state index contributed by atoms with van der Waals surface area (Å²) in [5.41, 5.74) is -5.59. The number of nitrogens with one attached hydrogen (secondary N) is 1. The average Bonchev–Trinajstić information content (AvgIpc) is 2.43. The molecule has 22 heavy (non-hydrogen) atoms. The third kappa shape index (κ3) is 4.57. The fourth-order valence-corrected chi connectivity index (χ4v) is 2.75. The number of carbonyl (C=O) groups excluding carboxylic acids is 2. The Hall–Kier alpha value is -1.36. The smallest absolute Gasteiger partial charge is 0.438 e. The van der Waals surface area contributed by atoms with Crippen LogP contribution < -0.4 is 4.72 Å². The molecule has 2 atom stereocenters. The summed E-state index contributed by atoms with van der Waals surface area (Å²) in [6.07, 6.45) is 1.42. The average molecular weight is 347 g/mol. The summed E-state index contributed by atoms with van der Waals surface area (Å²) in [7, 11) is -4.52. The highest BCUT2D eigenvalue weighted by molar-refractivity contribution is 7.90. The second-order valence-electron chi connectivity index (χ2n) is 4.78. The zero-order valence-corrected chi connectivity index (χ0v) is 12.5. The van der Waals surface area contributed by atoms with E-state index in [0.717, 1.165) is 4.72 Å². The lowest BCUT2D eigenvalue weighted by molar-refractivity contribution is -0.164. The van der Waals surface area contributed by atoms with Gasteiger partial charge in [-0.1, -0.05) is 12.8 Å². The highest BCUT2D eigenvalue weighted by atomic mass is 32.2. The molecule has 0 saturated heterocycles. The maximum absolute atomic E-state index is 12.3. The first-order valence-electron chi connectivity index (χ1n) is 6.38. The molecule has 128 valence electrons. The summed E-state index contributed by atoms with van der Waals surface area (Å²) in [5, 5.41) is 0. The largest absolute Gasteiger partial charge is 0.516 e. The third-order valence-corrected chi connectivity index (χ3v) is 4.34. The Balaban J connectivity index is 2.82. The molecule has 0 aromatic heterocycles. The van der Waals surface area contributed by atoms with Crippen LogP contribution in [0.2, 0.25) is 0 Å². The van der Waals surface area contributed by atoms with Gasteiger partial charge >= 0.3 is 21.5 Å². The molecule has 0 heterocycles. The minimum absolute atomic E-state index is 0.103. The number of esters is 1. The standard InChI is InChI=1S/C11H16F3NO6S/c1-20-6-21-10(17)8-5-3-2-4-7(8)9(16)15-22(18,19)11(12,13)14/h7-8H,2-6H2,1H3,(H,15,16). The van der Waals surface area contributed by atoms with E-state index in [4.69, 9.17) is 4.74 Å². The highest BCUT2D eigenvalue weighted by Gasteiger charge is 2.48. The topological polar surface area (TPSA) is 98.8 Å². The molecule has 1 saturated carbocycles. The van der Waals surface area contributed by atoms with Crippen LogP contribution in [0.5, 0.6) is 0 Å². The quantitative estimate of drug-likeness (QED) is 0.586. The molecule has 1 N–H and O–H groups in total. The van der Waals surface area contributed by atoms with Crippen molar-refractivity contribution in [2.45, 2.75) is 31.2 Å². The van der Waals surface area contributed by atoms with Crippen molar-refractivity contribution in [3.05, 3.63) is 0 Å². The van der Waals surface area contributed by atoms with Crippen molar-refractivity contribution in [3.63, 3.8) is 0 Å². The molecule has 0 aromatic carbocycles. The van der Waals surface area contributed by atoms with Gasteiger partial charge < -0.3 is 9.47 Å². The molecule has 0 aliphatic heterocycles. The minimum atomic E-state index is -5.79. The normalized spacial score (nSPS) is 22.9. The van der Waals surface area contributed by atoms with E-state index in [0.29, 0.717) is 12.8 Å². The Kier molecular flexibility index (Phi) is 6.17. The van der Waals surface area contributed by atoms with Crippen molar-refractivity contribution in [1.82, 2.24) is 4.72 Å². The molecule has 0 radical (unpaired) electrons. The van der Waals surface area contributed by atoms with Crippen LogP contribution in [0.1, 0.15) is 25.7 Å². The van der Waals surface area contributed by atoms with Crippen LogP contribution >= 0.6 is 0 Å². The third-order valence-electron chi connectivity index (χ3n) is 3.26. The van der Waals surface area contributed by atoms with Crippen molar-refractivity contribution in [2.75, 3.05) is 13.9 Å². The minimum Gasteiger partial charge on any atom is -0.438 e. The van der Waals surface area contributed by atoms with Crippen molar-refractivity contribution >= 4 is 21.9 Å². The maximum atomic E-state index is 12.3. The summed E-state index contributed by atoms with van der Waals surface area (Å²) in [6.45, 7) is -0.357. The van der Waals surface area contributed by atoms with Gasteiger partial charge in [0, 0.05) is 7.11 Å². The summed E-state index contributed by atoms with van der Waals surface area (Å²) in [4.78, 5) is 23.6. The number of amides is 1. The predicted molar refractivity (Wildman–Crippen MR) is 66.5 cm³/mol. The fraction of sp³-hybridized carbons (Fsp3) is 0.818. The molecule has 11 heteroatoms. The van der Waals surface area contributed by atoms with Crippen LogP contribution in [0, 0.1) is 11.8 Å². The maximum Gasteiger partial charge on any atom is 0.516 e. The van der Waals surface area contributed by atoms with E-state index in [9.17, 15) is 31.2 Å². The molecule has 0 spiro atoms. The van der Waals surface area contributed by atoms with Crippen LogP contribution in [-0.2, 0) is 29.1 Å². The summed E-state index contributed by atoms with van der Waals surface area (Å²) in [6, 6.07) is 0. The molecule has 1 aliphatic rings. The Morgan fingerprint density at radius 1 is 1.18 bits per heavy atom. The van der Waals surface area contributed by atoms with Crippen molar-refractivity contribution in [1.29, 1.82) is 0 Å².